The van der Waals surface area contributed by atoms with Crippen molar-refractivity contribution in [1.82, 2.24) is 4.98 Å². The van der Waals surface area contributed by atoms with E-state index < -0.39 is 0 Å². The highest BCUT2D eigenvalue weighted by Gasteiger charge is 2.21. The van der Waals surface area contributed by atoms with Gasteiger partial charge in [0.05, 0.1) is 11.6 Å². The summed E-state index contributed by atoms with van der Waals surface area (Å²) in [4.78, 5) is 6.58. The predicted molar refractivity (Wildman–Crippen MR) is 69.3 cm³/mol. The van der Waals surface area contributed by atoms with Crippen molar-refractivity contribution < 1.29 is 5.11 Å². The molecule has 0 spiro atoms. The second kappa shape index (κ2) is 5.25. The maximum Gasteiger partial charge on any atom is 0.147 e. The van der Waals surface area contributed by atoms with Crippen molar-refractivity contribution in [3.63, 3.8) is 0 Å². The van der Waals surface area contributed by atoms with E-state index in [2.05, 4.69) is 16.8 Å². The van der Waals surface area contributed by atoms with Crippen LogP contribution in [0.25, 0.3) is 0 Å². The van der Waals surface area contributed by atoms with Crippen LogP contribution in [-0.2, 0) is 6.61 Å². The first-order chi connectivity index (χ1) is 7.72. The Balaban J connectivity index is 2.25. The zero-order valence-corrected chi connectivity index (χ0v) is 10.8. The average molecular weight is 259 g/mol. The number of halogens is 1. The molecule has 1 saturated heterocycles. The lowest BCUT2D eigenvalue weighted by Crippen LogP contribution is -2.41. The molecular formula is C11H15ClN2OS. The maximum atomic E-state index is 9.00. The molecule has 0 bridgehead atoms. The number of hydrogen-bond acceptors (Lipinski definition) is 4. The highest BCUT2D eigenvalue weighted by molar-refractivity contribution is 7.99. The molecule has 5 heteroatoms. The molecule has 1 N–H and O–H groups in total. The molecule has 0 saturated carbocycles. The van der Waals surface area contributed by atoms with Gasteiger partial charge in [-0.1, -0.05) is 11.6 Å². The number of rotatable bonds is 2. The topological polar surface area (TPSA) is 36.4 Å². The summed E-state index contributed by atoms with van der Waals surface area (Å²) in [5.41, 5.74) is 0.757. The van der Waals surface area contributed by atoms with Crippen LogP contribution in [0.3, 0.4) is 0 Å². The second-order valence-electron chi connectivity index (χ2n) is 3.92. The first-order valence-corrected chi connectivity index (χ1v) is 6.85. The van der Waals surface area contributed by atoms with Crippen molar-refractivity contribution in [3.05, 3.63) is 22.8 Å². The molecule has 16 heavy (non-hydrogen) atoms. The van der Waals surface area contributed by atoms with E-state index in [1.54, 1.807) is 12.3 Å². The van der Waals surface area contributed by atoms with Gasteiger partial charge in [-0.25, -0.2) is 4.98 Å². The summed E-state index contributed by atoms with van der Waals surface area (Å²) in [5, 5.41) is 9.63. The van der Waals surface area contributed by atoms with Crippen molar-refractivity contribution in [2.24, 2.45) is 0 Å². The van der Waals surface area contributed by atoms with Crippen LogP contribution in [0, 0.1) is 0 Å². The molecule has 1 aromatic heterocycles. The van der Waals surface area contributed by atoms with Gasteiger partial charge in [-0.15, -0.1) is 0 Å². The fourth-order valence-electron chi connectivity index (χ4n) is 1.81. The minimum absolute atomic E-state index is 0.0155. The maximum absolute atomic E-state index is 9.00. The number of anilines is 1. The monoisotopic (exact) mass is 258 g/mol. The van der Waals surface area contributed by atoms with E-state index in [0.717, 1.165) is 29.4 Å². The van der Waals surface area contributed by atoms with Crippen molar-refractivity contribution in [2.45, 2.75) is 19.6 Å². The fraction of sp³-hybridized carbons (Fsp3) is 0.545. The number of thioether (sulfide) groups is 1. The standard InChI is InChI=1S/C11H15ClN2OS/c1-8-7-16-3-2-14(8)11-10(12)4-9(6-15)5-13-11/h4-5,8,15H,2-3,6-7H2,1H3. The number of aliphatic hydroxyl groups is 1. The Morgan fingerprint density at radius 1 is 1.69 bits per heavy atom. The molecule has 1 aliphatic rings. The molecule has 1 unspecified atom stereocenters. The van der Waals surface area contributed by atoms with Crippen molar-refractivity contribution in [1.29, 1.82) is 0 Å². The summed E-state index contributed by atoms with van der Waals surface area (Å²) >= 11 is 8.15. The Labute approximate surface area is 105 Å². The van der Waals surface area contributed by atoms with Gasteiger partial charge in [0, 0.05) is 30.3 Å². The smallest absolute Gasteiger partial charge is 0.147 e. The molecular weight excluding hydrogens is 244 g/mol. The molecule has 0 aromatic carbocycles. The number of nitrogens with zero attached hydrogens (tertiary/aromatic N) is 2. The second-order valence-corrected chi connectivity index (χ2v) is 5.48. The van der Waals surface area contributed by atoms with Gasteiger partial charge < -0.3 is 10.0 Å². The number of aromatic nitrogens is 1. The van der Waals surface area contributed by atoms with Gasteiger partial charge in [0.15, 0.2) is 0 Å². The third kappa shape index (κ3) is 2.44. The normalized spacial score (nSPS) is 21.2. The summed E-state index contributed by atoms with van der Waals surface area (Å²) in [7, 11) is 0. The predicted octanol–water partition coefficient (Wildman–Crippen LogP) is 2.17. The Kier molecular flexibility index (Phi) is 3.95. The van der Waals surface area contributed by atoms with E-state index >= 15 is 0 Å². The molecule has 1 aromatic rings. The molecule has 2 rings (SSSR count). The van der Waals surface area contributed by atoms with Crippen LogP contribution in [0.4, 0.5) is 5.82 Å². The van der Waals surface area contributed by atoms with Crippen LogP contribution < -0.4 is 4.90 Å². The lowest BCUT2D eigenvalue weighted by Gasteiger charge is -2.34. The van der Waals surface area contributed by atoms with Crippen molar-refractivity contribution in [2.75, 3.05) is 23.0 Å². The molecule has 1 atom stereocenters. The Morgan fingerprint density at radius 2 is 2.50 bits per heavy atom. The molecule has 88 valence electrons. The molecule has 2 heterocycles. The third-order valence-electron chi connectivity index (χ3n) is 2.70. The van der Waals surface area contributed by atoms with Gasteiger partial charge in [-0.3, -0.25) is 0 Å². The Morgan fingerprint density at radius 3 is 3.12 bits per heavy atom. The Hall–Kier alpha value is -0.450. The van der Waals surface area contributed by atoms with Gasteiger partial charge in [0.25, 0.3) is 0 Å². The van der Waals surface area contributed by atoms with Gasteiger partial charge in [-0.2, -0.15) is 11.8 Å². The molecule has 1 aliphatic heterocycles. The van der Waals surface area contributed by atoms with Crippen LogP contribution in [0.5, 0.6) is 0 Å². The van der Waals surface area contributed by atoms with E-state index in [-0.39, 0.29) is 6.61 Å². The Bertz CT molecular complexity index is 375. The minimum atomic E-state index is -0.0155. The van der Waals surface area contributed by atoms with Crippen molar-refractivity contribution in [3.8, 4) is 0 Å². The van der Waals surface area contributed by atoms with Gasteiger partial charge in [0.1, 0.15) is 5.82 Å². The average Bonchev–Trinajstić information content (AvgIpc) is 2.30. The lowest BCUT2D eigenvalue weighted by atomic mass is 10.2. The number of pyridine rings is 1. The van der Waals surface area contributed by atoms with E-state index in [9.17, 15) is 0 Å². The van der Waals surface area contributed by atoms with E-state index in [1.807, 2.05) is 11.8 Å². The van der Waals surface area contributed by atoms with Crippen LogP contribution in [0.15, 0.2) is 12.3 Å². The van der Waals surface area contributed by atoms with Crippen LogP contribution in [-0.4, -0.2) is 34.2 Å². The highest BCUT2D eigenvalue weighted by Crippen LogP contribution is 2.29. The van der Waals surface area contributed by atoms with E-state index in [4.69, 9.17) is 16.7 Å². The van der Waals surface area contributed by atoms with Crippen LogP contribution in [0.2, 0.25) is 5.02 Å². The SMILES string of the molecule is CC1CSCCN1c1ncc(CO)cc1Cl. The number of hydrogen-bond donors (Lipinski definition) is 1. The minimum Gasteiger partial charge on any atom is -0.392 e. The lowest BCUT2D eigenvalue weighted by molar-refractivity contribution is 0.281. The van der Waals surface area contributed by atoms with Gasteiger partial charge >= 0.3 is 0 Å². The summed E-state index contributed by atoms with van der Waals surface area (Å²) < 4.78 is 0. The number of aliphatic hydroxyl groups excluding tert-OH is 1. The molecule has 0 aliphatic carbocycles. The third-order valence-corrected chi connectivity index (χ3v) is 4.17. The molecule has 0 amide bonds. The molecule has 1 fully saturated rings. The zero-order chi connectivity index (χ0) is 11.5. The van der Waals surface area contributed by atoms with Crippen LogP contribution >= 0.6 is 23.4 Å². The summed E-state index contributed by atoms with van der Waals surface area (Å²) in [6.07, 6.45) is 1.69. The van der Waals surface area contributed by atoms with Crippen molar-refractivity contribution >= 4 is 29.2 Å². The fourth-order valence-corrected chi connectivity index (χ4v) is 3.12. The zero-order valence-electron chi connectivity index (χ0n) is 9.19. The highest BCUT2D eigenvalue weighted by atomic mass is 35.5. The summed E-state index contributed by atoms with van der Waals surface area (Å²) in [6, 6.07) is 2.25. The quantitative estimate of drug-likeness (QED) is 0.882. The van der Waals surface area contributed by atoms with Gasteiger partial charge in [0.2, 0.25) is 0 Å². The van der Waals surface area contributed by atoms with Crippen LogP contribution in [0.1, 0.15) is 12.5 Å². The van der Waals surface area contributed by atoms with E-state index in [1.165, 1.54) is 0 Å². The molecule has 3 nitrogen and oxygen atoms in total. The first kappa shape index (κ1) is 12.0. The summed E-state index contributed by atoms with van der Waals surface area (Å²) in [6.45, 7) is 3.15. The largest absolute Gasteiger partial charge is 0.392 e. The summed E-state index contributed by atoms with van der Waals surface area (Å²) in [5.74, 6) is 3.07. The van der Waals surface area contributed by atoms with E-state index in [0.29, 0.717) is 11.1 Å². The first-order valence-electron chi connectivity index (χ1n) is 5.32. The molecule has 0 radical (unpaired) electrons. The van der Waals surface area contributed by atoms with Gasteiger partial charge in [-0.05, 0) is 18.6 Å².